The van der Waals surface area contributed by atoms with Crippen molar-refractivity contribution in [1.29, 1.82) is 0 Å². The molecule has 1 unspecified atom stereocenters. The van der Waals surface area contributed by atoms with Crippen LogP contribution in [0.1, 0.15) is 40.2 Å². The van der Waals surface area contributed by atoms with E-state index in [2.05, 4.69) is 5.32 Å². The Hall–Kier alpha value is -2.47. The van der Waals surface area contributed by atoms with Crippen LogP contribution in [0, 0.1) is 0 Å². The topological polar surface area (TPSA) is 122 Å². The van der Waals surface area contributed by atoms with E-state index in [-0.39, 0.29) is 33.0 Å². The molecule has 0 spiro atoms. The molecule has 11 heteroatoms. The first-order valence-corrected chi connectivity index (χ1v) is 12.5. The fourth-order valence-corrected chi connectivity index (χ4v) is 2.90. The van der Waals surface area contributed by atoms with E-state index in [4.69, 9.17) is 29.4 Å². The fraction of sp³-hybridized carbons (Fsp3) is 0.692. The molecule has 0 aliphatic rings. The van der Waals surface area contributed by atoms with Crippen molar-refractivity contribution in [3.05, 3.63) is 35.9 Å². The van der Waals surface area contributed by atoms with Crippen LogP contribution in [0.15, 0.2) is 30.3 Å². The maximum atomic E-state index is 14.7. The molecule has 10 nitrogen and oxygen atoms in total. The third-order valence-corrected chi connectivity index (χ3v) is 5.02. The first-order chi connectivity index (χ1) is 17.4. The van der Waals surface area contributed by atoms with Crippen molar-refractivity contribution in [1.82, 2.24) is 10.2 Å². The van der Waals surface area contributed by atoms with Gasteiger partial charge in [0.25, 0.3) is 0 Å². The summed E-state index contributed by atoms with van der Waals surface area (Å²) in [5, 5.41) is 2.42. The molecule has 0 radical (unpaired) electrons. The first-order valence-electron chi connectivity index (χ1n) is 12.5. The number of hydrogen-bond acceptors (Lipinski definition) is 8. The number of nitrogens with two attached hydrogens (primary N) is 1. The molecule has 0 aliphatic heterocycles. The largest absolute Gasteiger partial charge is 0.445 e. The summed E-state index contributed by atoms with van der Waals surface area (Å²) >= 11 is 0. The number of alkyl carbamates (subject to hydrolysis) is 1. The summed E-state index contributed by atoms with van der Waals surface area (Å²) < 4.78 is 41.8. The fourth-order valence-electron chi connectivity index (χ4n) is 2.90. The van der Waals surface area contributed by atoms with Crippen molar-refractivity contribution in [2.75, 3.05) is 59.2 Å². The summed E-state index contributed by atoms with van der Waals surface area (Å²) in [5.74, 6) is 0. The number of hydrogen-bond donors (Lipinski definition) is 2. The van der Waals surface area contributed by atoms with Crippen LogP contribution in [0.3, 0.4) is 0 Å². The standard InChI is InChI=1S/C26H44FN3O7/c1-25(2,3)37-24(32)30(12-15-33-14-11-28)13-16-34-17-18-36-26(4,5)22(27)19-29-23(31)35-20-21-9-7-6-8-10-21/h6-10,22H,11-20,28H2,1-5H3,(H,29,31). The quantitative estimate of drug-likeness (QED) is 0.295. The number of rotatable bonds is 17. The van der Waals surface area contributed by atoms with Crippen LogP contribution in [0.25, 0.3) is 0 Å². The highest BCUT2D eigenvalue weighted by atomic mass is 19.1. The highest BCUT2D eigenvalue weighted by molar-refractivity contribution is 5.68. The van der Waals surface area contributed by atoms with Gasteiger partial charge in [0.15, 0.2) is 0 Å². The Bertz CT molecular complexity index is 775. The number of ether oxygens (including phenoxy) is 5. The molecular formula is C26H44FN3O7. The Morgan fingerprint density at radius 2 is 1.59 bits per heavy atom. The molecule has 0 saturated heterocycles. The molecule has 0 aliphatic carbocycles. The molecule has 1 rings (SSSR count). The van der Waals surface area contributed by atoms with Crippen molar-refractivity contribution < 1.29 is 37.7 Å². The number of benzene rings is 1. The van der Waals surface area contributed by atoms with Crippen LogP contribution in [-0.2, 0) is 30.3 Å². The monoisotopic (exact) mass is 529 g/mol. The number of carbonyl (C=O) groups is 2. The molecule has 37 heavy (non-hydrogen) atoms. The van der Waals surface area contributed by atoms with Gasteiger partial charge in [0.2, 0.25) is 0 Å². The van der Waals surface area contributed by atoms with Gasteiger partial charge >= 0.3 is 12.2 Å². The highest BCUT2D eigenvalue weighted by Gasteiger charge is 2.31. The molecule has 2 amide bonds. The molecule has 0 heterocycles. The van der Waals surface area contributed by atoms with Crippen LogP contribution in [0.2, 0.25) is 0 Å². The number of amides is 2. The van der Waals surface area contributed by atoms with E-state index in [1.807, 2.05) is 30.3 Å². The minimum Gasteiger partial charge on any atom is -0.445 e. The zero-order chi connectivity index (χ0) is 27.7. The van der Waals surface area contributed by atoms with Crippen LogP contribution in [0.4, 0.5) is 14.0 Å². The van der Waals surface area contributed by atoms with Gasteiger partial charge < -0.3 is 39.6 Å². The predicted octanol–water partition coefficient (Wildman–Crippen LogP) is 3.28. The van der Waals surface area contributed by atoms with E-state index in [1.165, 1.54) is 4.90 Å². The second-order valence-corrected chi connectivity index (χ2v) is 9.84. The lowest BCUT2D eigenvalue weighted by atomic mass is 10.0. The zero-order valence-electron chi connectivity index (χ0n) is 22.8. The van der Waals surface area contributed by atoms with E-state index >= 15 is 0 Å². The lowest BCUT2D eigenvalue weighted by molar-refractivity contribution is -0.0874. The third kappa shape index (κ3) is 15.4. The number of carbonyl (C=O) groups excluding carboxylic acids is 2. The summed E-state index contributed by atoms with van der Waals surface area (Å²) in [6.07, 6.45) is -2.62. The smallest absolute Gasteiger partial charge is 0.410 e. The van der Waals surface area contributed by atoms with Gasteiger partial charge in [-0.25, -0.2) is 14.0 Å². The summed E-state index contributed by atoms with van der Waals surface area (Å²) in [7, 11) is 0. The molecule has 1 aromatic carbocycles. The molecule has 1 atom stereocenters. The van der Waals surface area contributed by atoms with Crippen molar-refractivity contribution in [3.8, 4) is 0 Å². The van der Waals surface area contributed by atoms with E-state index in [9.17, 15) is 14.0 Å². The second-order valence-electron chi connectivity index (χ2n) is 9.84. The third-order valence-electron chi connectivity index (χ3n) is 5.02. The highest BCUT2D eigenvalue weighted by Crippen LogP contribution is 2.18. The predicted molar refractivity (Wildman–Crippen MR) is 138 cm³/mol. The van der Waals surface area contributed by atoms with E-state index in [0.29, 0.717) is 32.8 Å². The lowest BCUT2D eigenvalue weighted by Gasteiger charge is -2.29. The Morgan fingerprint density at radius 3 is 2.19 bits per heavy atom. The Kier molecular flexibility index (Phi) is 15.1. The minimum absolute atomic E-state index is 0.104. The van der Waals surface area contributed by atoms with Gasteiger partial charge in [0.1, 0.15) is 18.4 Å². The summed E-state index contributed by atoms with van der Waals surface area (Å²) in [6, 6.07) is 9.21. The average molecular weight is 530 g/mol. The van der Waals surface area contributed by atoms with E-state index in [0.717, 1.165) is 5.56 Å². The van der Waals surface area contributed by atoms with Crippen molar-refractivity contribution in [2.24, 2.45) is 5.73 Å². The second kappa shape index (κ2) is 17.1. The van der Waals surface area contributed by atoms with Crippen LogP contribution >= 0.6 is 0 Å². The van der Waals surface area contributed by atoms with Crippen LogP contribution in [-0.4, -0.2) is 93.7 Å². The molecule has 0 saturated carbocycles. The summed E-state index contributed by atoms with van der Waals surface area (Å²) in [5.41, 5.74) is 4.48. The summed E-state index contributed by atoms with van der Waals surface area (Å²) in [6.45, 7) is 10.8. The van der Waals surface area contributed by atoms with E-state index in [1.54, 1.807) is 34.6 Å². The Morgan fingerprint density at radius 1 is 0.973 bits per heavy atom. The van der Waals surface area contributed by atoms with Crippen LogP contribution in [0.5, 0.6) is 0 Å². The molecule has 1 aromatic rings. The number of halogens is 1. The van der Waals surface area contributed by atoms with Gasteiger partial charge in [-0.1, -0.05) is 30.3 Å². The molecule has 0 bridgehead atoms. The molecular weight excluding hydrogens is 485 g/mol. The Labute approximate surface area is 219 Å². The van der Waals surface area contributed by atoms with Crippen molar-refractivity contribution in [3.63, 3.8) is 0 Å². The molecule has 3 N–H and O–H groups in total. The maximum Gasteiger partial charge on any atom is 0.410 e. The molecule has 212 valence electrons. The van der Waals surface area contributed by atoms with E-state index < -0.39 is 29.6 Å². The minimum atomic E-state index is -1.46. The SMILES string of the molecule is CC(C)(C)OC(=O)N(CCOCCN)CCOCCOC(C)(C)C(F)CNC(=O)OCc1ccccc1. The lowest BCUT2D eigenvalue weighted by Crippen LogP contribution is -2.44. The molecule has 0 aromatic heterocycles. The van der Waals surface area contributed by atoms with Gasteiger partial charge in [-0.15, -0.1) is 0 Å². The van der Waals surface area contributed by atoms with Crippen LogP contribution < -0.4 is 11.1 Å². The number of nitrogens with one attached hydrogen (secondary N) is 1. The van der Waals surface area contributed by atoms with Gasteiger partial charge in [0.05, 0.1) is 45.2 Å². The zero-order valence-corrected chi connectivity index (χ0v) is 22.8. The first kappa shape index (κ1) is 32.6. The number of nitrogens with zero attached hydrogens (tertiary/aromatic N) is 1. The van der Waals surface area contributed by atoms with Crippen molar-refractivity contribution in [2.45, 2.75) is 58.6 Å². The van der Waals surface area contributed by atoms with Gasteiger partial charge in [-0.3, -0.25) is 0 Å². The molecule has 0 fully saturated rings. The normalized spacial score (nSPS) is 12.6. The van der Waals surface area contributed by atoms with Crippen molar-refractivity contribution >= 4 is 12.2 Å². The van der Waals surface area contributed by atoms with Gasteiger partial charge in [-0.2, -0.15) is 0 Å². The average Bonchev–Trinajstić information content (AvgIpc) is 2.83. The van der Waals surface area contributed by atoms with Gasteiger partial charge in [0, 0.05) is 19.6 Å². The Balaban J connectivity index is 2.30. The maximum absolute atomic E-state index is 14.7. The number of alkyl halides is 1. The summed E-state index contributed by atoms with van der Waals surface area (Å²) in [4.78, 5) is 25.8. The van der Waals surface area contributed by atoms with Gasteiger partial charge in [-0.05, 0) is 40.2 Å².